The molecule has 0 saturated heterocycles. The van der Waals surface area contributed by atoms with Crippen molar-refractivity contribution in [1.29, 1.82) is 0 Å². The van der Waals surface area contributed by atoms with E-state index in [-0.39, 0.29) is 0 Å². The molecule has 2 aromatic rings. The van der Waals surface area contributed by atoms with Gasteiger partial charge in [0, 0.05) is 32.1 Å². The summed E-state index contributed by atoms with van der Waals surface area (Å²) in [5, 5.41) is 0. The minimum atomic E-state index is 0.606. The Balaban J connectivity index is 2.15. The van der Waals surface area contributed by atoms with Gasteiger partial charge in [-0.1, -0.05) is 13.0 Å². The van der Waals surface area contributed by atoms with E-state index in [4.69, 9.17) is 21.3 Å². The first-order chi connectivity index (χ1) is 9.76. The average Bonchev–Trinajstić information content (AvgIpc) is 2.76. The Hall–Kier alpha value is -1.06. The van der Waals surface area contributed by atoms with Crippen molar-refractivity contribution in [2.24, 2.45) is 0 Å². The maximum Gasteiger partial charge on any atom is 0.111 e. The summed E-state index contributed by atoms with van der Waals surface area (Å²) in [6.45, 7) is 6.83. The quantitative estimate of drug-likeness (QED) is 0.544. The zero-order valence-corrected chi connectivity index (χ0v) is 13.1. The lowest BCUT2D eigenvalue weighted by atomic mass is 10.2. The normalized spacial score (nSPS) is 11.3. The molecule has 2 rings (SSSR count). The van der Waals surface area contributed by atoms with Gasteiger partial charge in [-0.3, -0.25) is 0 Å². The number of hydrogen-bond acceptors (Lipinski definition) is 2. The Morgan fingerprint density at radius 1 is 1.30 bits per heavy atom. The highest BCUT2D eigenvalue weighted by atomic mass is 35.5. The number of halogens is 1. The highest BCUT2D eigenvalue weighted by Gasteiger charge is 2.10. The second-order valence-electron chi connectivity index (χ2n) is 5.08. The van der Waals surface area contributed by atoms with Crippen LogP contribution in [0.3, 0.4) is 0 Å². The second kappa shape index (κ2) is 7.65. The fourth-order valence-electron chi connectivity index (χ4n) is 2.38. The first-order valence-electron chi connectivity index (χ1n) is 7.35. The molecular weight excluding hydrogens is 272 g/mol. The van der Waals surface area contributed by atoms with Gasteiger partial charge in [0.05, 0.1) is 11.0 Å². The van der Waals surface area contributed by atoms with Crippen LogP contribution in [-0.2, 0) is 17.7 Å². The van der Waals surface area contributed by atoms with Crippen molar-refractivity contribution in [3.63, 3.8) is 0 Å². The molecule has 0 radical (unpaired) electrons. The number of ether oxygens (including phenoxy) is 1. The third-order valence-electron chi connectivity index (χ3n) is 3.32. The molecule has 0 N–H and O–H groups in total. The summed E-state index contributed by atoms with van der Waals surface area (Å²) in [4.78, 5) is 4.70. The van der Waals surface area contributed by atoms with Gasteiger partial charge in [-0.15, -0.1) is 11.6 Å². The van der Waals surface area contributed by atoms with Crippen molar-refractivity contribution in [2.45, 2.75) is 39.7 Å². The van der Waals surface area contributed by atoms with E-state index in [0.29, 0.717) is 5.88 Å². The number of benzene rings is 1. The van der Waals surface area contributed by atoms with Crippen LogP contribution in [0.4, 0.5) is 0 Å². The molecule has 110 valence electrons. The monoisotopic (exact) mass is 294 g/mol. The smallest absolute Gasteiger partial charge is 0.111 e. The molecule has 3 nitrogen and oxygen atoms in total. The van der Waals surface area contributed by atoms with Gasteiger partial charge in [0.15, 0.2) is 0 Å². The van der Waals surface area contributed by atoms with E-state index in [1.165, 1.54) is 11.1 Å². The summed E-state index contributed by atoms with van der Waals surface area (Å²) in [7, 11) is 0. The standard InChI is InChI=1S/C16H23ClN2O/c1-3-10-20-11-4-9-19-15-12-13(2)5-6-14(15)18-16(19)7-8-17/h5-6,12H,3-4,7-11H2,1-2H3. The molecular formula is C16H23ClN2O. The molecule has 20 heavy (non-hydrogen) atoms. The lowest BCUT2D eigenvalue weighted by molar-refractivity contribution is 0.129. The Morgan fingerprint density at radius 2 is 2.15 bits per heavy atom. The number of imidazole rings is 1. The topological polar surface area (TPSA) is 27.1 Å². The van der Waals surface area contributed by atoms with Gasteiger partial charge in [-0.2, -0.15) is 0 Å². The summed E-state index contributed by atoms with van der Waals surface area (Å²) in [6.07, 6.45) is 2.89. The molecule has 0 atom stereocenters. The molecule has 0 fully saturated rings. The first-order valence-corrected chi connectivity index (χ1v) is 7.89. The van der Waals surface area contributed by atoms with Crippen LogP contribution in [0.1, 0.15) is 31.2 Å². The van der Waals surface area contributed by atoms with Crippen LogP contribution in [0.25, 0.3) is 11.0 Å². The van der Waals surface area contributed by atoms with E-state index < -0.39 is 0 Å². The zero-order chi connectivity index (χ0) is 14.4. The third-order valence-corrected chi connectivity index (χ3v) is 3.51. The third kappa shape index (κ3) is 3.74. The van der Waals surface area contributed by atoms with E-state index in [2.05, 4.69) is 36.6 Å². The maximum absolute atomic E-state index is 5.89. The number of alkyl halides is 1. The average molecular weight is 295 g/mol. The molecule has 0 spiro atoms. The van der Waals surface area contributed by atoms with Crippen molar-refractivity contribution < 1.29 is 4.74 Å². The SMILES string of the molecule is CCCOCCCn1c(CCCl)nc2ccc(C)cc21. The number of hydrogen-bond donors (Lipinski definition) is 0. The summed E-state index contributed by atoms with van der Waals surface area (Å²) >= 11 is 5.89. The van der Waals surface area contributed by atoms with Crippen molar-refractivity contribution in [1.82, 2.24) is 9.55 Å². The number of nitrogens with zero attached hydrogens (tertiary/aromatic N) is 2. The number of aromatic nitrogens is 2. The highest BCUT2D eigenvalue weighted by Crippen LogP contribution is 2.19. The Labute approximate surface area is 125 Å². The van der Waals surface area contributed by atoms with Crippen LogP contribution >= 0.6 is 11.6 Å². The van der Waals surface area contributed by atoms with Gasteiger partial charge in [-0.25, -0.2) is 4.98 Å². The fraction of sp³-hybridized carbons (Fsp3) is 0.562. The van der Waals surface area contributed by atoms with Crippen LogP contribution in [0.2, 0.25) is 0 Å². The van der Waals surface area contributed by atoms with E-state index in [1.54, 1.807) is 0 Å². The zero-order valence-electron chi connectivity index (χ0n) is 12.4. The van der Waals surface area contributed by atoms with Gasteiger partial charge in [-0.05, 0) is 37.5 Å². The molecule has 4 heteroatoms. The number of fused-ring (bicyclic) bond motifs is 1. The van der Waals surface area contributed by atoms with E-state index >= 15 is 0 Å². The van der Waals surface area contributed by atoms with Crippen molar-refractivity contribution in [3.8, 4) is 0 Å². The van der Waals surface area contributed by atoms with Crippen LogP contribution in [0, 0.1) is 6.92 Å². The summed E-state index contributed by atoms with van der Waals surface area (Å²) in [6, 6.07) is 6.40. The molecule has 0 aliphatic rings. The molecule has 0 bridgehead atoms. The molecule has 0 aliphatic carbocycles. The molecule has 0 unspecified atom stereocenters. The molecule has 1 aromatic carbocycles. The first kappa shape index (κ1) is 15.3. The summed E-state index contributed by atoms with van der Waals surface area (Å²) < 4.78 is 7.85. The van der Waals surface area contributed by atoms with Gasteiger partial charge in [0.25, 0.3) is 0 Å². The molecule has 0 aliphatic heterocycles. The predicted octanol–water partition coefficient (Wildman–Crippen LogP) is 3.94. The lowest BCUT2D eigenvalue weighted by Gasteiger charge is -2.09. The Morgan fingerprint density at radius 3 is 2.90 bits per heavy atom. The molecule has 1 aromatic heterocycles. The molecule has 0 saturated carbocycles. The van der Waals surface area contributed by atoms with Crippen LogP contribution in [0.5, 0.6) is 0 Å². The van der Waals surface area contributed by atoms with E-state index in [0.717, 1.165) is 50.4 Å². The Kier molecular flexibility index (Phi) is 5.86. The van der Waals surface area contributed by atoms with Crippen LogP contribution in [0.15, 0.2) is 18.2 Å². The van der Waals surface area contributed by atoms with Gasteiger partial charge in [0.2, 0.25) is 0 Å². The number of rotatable bonds is 8. The van der Waals surface area contributed by atoms with Crippen molar-refractivity contribution in [3.05, 3.63) is 29.6 Å². The van der Waals surface area contributed by atoms with Gasteiger partial charge in [0.1, 0.15) is 5.82 Å². The van der Waals surface area contributed by atoms with Gasteiger partial charge < -0.3 is 9.30 Å². The molecule has 0 amide bonds. The van der Waals surface area contributed by atoms with Crippen molar-refractivity contribution >= 4 is 22.6 Å². The van der Waals surface area contributed by atoms with Crippen molar-refractivity contribution in [2.75, 3.05) is 19.1 Å². The largest absolute Gasteiger partial charge is 0.381 e. The maximum atomic E-state index is 5.89. The molecule has 1 heterocycles. The predicted molar refractivity (Wildman–Crippen MR) is 84.6 cm³/mol. The summed E-state index contributed by atoms with van der Waals surface area (Å²) in [5.41, 5.74) is 3.53. The second-order valence-corrected chi connectivity index (χ2v) is 5.45. The number of aryl methyl sites for hydroxylation is 3. The minimum absolute atomic E-state index is 0.606. The minimum Gasteiger partial charge on any atom is -0.381 e. The van der Waals surface area contributed by atoms with E-state index in [1.807, 2.05) is 0 Å². The van der Waals surface area contributed by atoms with E-state index in [9.17, 15) is 0 Å². The lowest BCUT2D eigenvalue weighted by Crippen LogP contribution is -2.07. The highest BCUT2D eigenvalue weighted by molar-refractivity contribution is 6.17. The fourth-order valence-corrected chi connectivity index (χ4v) is 2.55. The summed E-state index contributed by atoms with van der Waals surface area (Å²) in [5.74, 6) is 1.69. The van der Waals surface area contributed by atoms with Gasteiger partial charge >= 0.3 is 0 Å². The van der Waals surface area contributed by atoms with Crippen LogP contribution in [-0.4, -0.2) is 28.6 Å². The Bertz CT molecular complexity index is 551. The van der Waals surface area contributed by atoms with Crippen LogP contribution < -0.4 is 0 Å².